The molecule has 0 radical (unpaired) electrons. The second kappa shape index (κ2) is 6160. The van der Waals surface area contributed by atoms with E-state index in [0.717, 1.165) is 0 Å². The predicted octanol–water partition coefficient (Wildman–Crippen LogP) is -1.81. The lowest BCUT2D eigenvalue weighted by Crippen LogP contribution is -0.290. The molecule has 0 spiro atoms. The average molecular weight is 166 g/mol. The van der Waals surface area contributed by atoms with Gasteiger partial charge in [0, 0.05) is 7.13 Å². The quantitative estimate of drug-likeness (QED) is 0.392. The molecule has 12 N–H and O–H groups in total. The van der Waals surface area contributed by atoms with E-state index in [2.05, 4.69) is 0 Å². The Morgan fingerprint density at radius 1 is 0.333 bits per heavy atom. The van der Waals surface area contributed by atoms with Crippen LogP contribution in [0, 0.1) is 0 Å². The highest BCUT2D eigenvalue weighted by molar-refractivity contribution is 2.51. The highest BCUT2D eigenvalue weighted by Crippen LogP contribution is 0.146. The van der Waals surface area contributed by atoms with Gasteiger partial charge in [0.25, 0.3) is 0 Å². The summed E-state index contributed by atoms with van der Waals surface area (Å²) in [4.78, 5) is 0. The minimum Gasteiger partial charge on any atom is -0.412 e. The predicted molar refractivity (Wildman–Crippen MR) is 52.4 cm³/mol. The maximum absolute atomic E-state index is 0. The molecule has 0 saturated carbocycles. The van der Waals surface area contributed by atoms with Crippen molar-refractivity contribution in [2.45, 2.75) is 22.3 Å². The molecule has 0 saturated heterocycles. The van der Waals surface area contributed by atoms with Gasteiger partial charge in [0.1, 0.15) is 0 Å². The fourth-order valence-electron chi connectivity index (χ4n) is 0. The highest BCUT2D eigenvalue weighted by Gasteiger charge is -0.0755. The minimum atomic E-state index is 0. The van der Waals surface area contributed by atoms with Crippen LogP contribution in [0.3, 0.4) is 0 Å². The SMILES string of the molecule is C.C.C.O.O.O.O.O.O.[HH].[HH].[HH].[HH].[HH]. The summed E-state index contributed by atoms with van der Waals surface area (Å²) in [6.45, 7) is 0. The Morgan fingerprint density at radius 2 is 0.333 bits per heavy atom. The normalized spacial score (nSPS) is 0. The second-order valence-electron chi connectivity index (χ2n) is 0. The summed E-state index contributed by atoms with van der Waals surface area (Å²) in [6.07, 6.45) is 0. The van der Waals surface area contributed by atoms with Gasteiger partial charge >= 0.3 is 0 Å². The molecule has 0 amide bonds. The van der Waals surface area contributed by atoms with Crippen molar-refractivity contribution in [2.75, 3.05) is 0 Å². The zero-order valence-corrected chi connectivity index (χ0v) is 3.00. The van der Waals surface area contributed by atoms with Gasteiger partial charge in [-0.25, -0.2) is 0 Å². The van der Waals surface area contributed by atoms with Gasteiger partial charge in [0.05, 0.1) is 0 Å². The van der Waals surface area contributed by atoms with Gasteiger partial charge in [-0.3, -0.25) is 0 Å². The molecule has 0 bridgehead atoms. The first-order chi connectivity index (χ1) is 0. The maximum Gasteiger partial charge on any atom is 0 e. The Morgan fingerprint density at radius 3 is 0.333 bits per heavy atom. The van der Waals surface area contributed by atoms with Crippen molar-refractivity contribution in [2.24, 2.45) is 0 Å². The van der Waals surface area contributed by atoms with E-state index in [1.165, 1.54) is 0 Å². The lowest BCUT2D eigenvalue weighted by atomic mass is 12.0. The molecule has 6 heteroatoms. The van der Waals surface area contributed by atoms with Crippen molar-refractivity contribution in [1.29, 1.82) is 0 Å². The molecule has 9 heavy (non-hydrogen) atoms. The van der Waals surface area contributed by atoms with Gasteiger partial charge in [-0.2, -0.15) is 0 Å². The number of rotatable bonds is 0. The topological polar surface area (TPSA) is 189 Å². The van der Waals surface area contributed by atoms with Gasteiger partial charge in [0.15, 0.2) is 0 Å². The molecule has 82 valence electrons. The lowest BCUT2D eigenvalue weighted by molar-refractivity contribution is 0.823. The highest BCUT2D eigenvalue weighted by atomic mass is 16.0. The molecule has 0 heterocycles. The van der Waals surface area contributed by atoms with E-state index in [1.807, 2.05) is 0 Å². The van der Waals surface area contributed by atoms with Crippen LogP contribution in [0.2, 0.25) is 0 Å². The van der Waals surface area contributed by atoms with E-state index < -0.39 is 0 Å². The Kier molecular flexibility index (Phi) is 6260000. The first kappa shape index (κ1) is 9160. The van der Waals surface area contributed by atoms with Gasteiger partial charge in [-0.1, -0.05) is 22.3 Å². The van der Waals surface area contributed by atoms with E-state index >= 15 is 0 Å². The van der Waals surface area contributed by atoms with Crippen LogP contribution in [0.4, 0.5) is 0 Å². The van der Waals surface area contributed by atoms with Crippen molar-refractivity contribution in [3.05, 3.63) is 0 Å². The molecule has 0 rings (SSSR count). The van der Waals surface area contributed by atoms with Crippen LogP contribution in [0.5, 0.6) is 0 Å². The van der Waals surface area contributed by atoms with Crippen LogP contribution in [-0.2, 0) is 0 Å². The summed E-state index contributed by atoms with van der Waals surface area (Å²) in [5, 5.41) is 0. The van der Waals surface area contributed by atoms with Crippen molar-refractivity contribution >= 4 is 0 Å². The average Bonchev–Trinajstić information content (AvgIpc) is 0. The lowest BCUT2D eigenvalue weighted by Gasteiger charge is -0.413. The Hall–Kier alpha value is -0.240. The zero-order chi connectivity index (χ0) is 0. The summed E-state index contributed by atoms with van der Waals surface area (Å²) in [7, 11) is 0. The largest absolute Gasteiger partial charge is 0.412 e. The van der Waals surface area contributed by atoms with Crippen LogP contribution < -0.4 is 0 Å². The molecule has 0 fully saturated rings. The van der Waals surface area contributed by atoms with E-state index in [9.17, 15) is 0 Å². The third-order valence-electron chi connectivity index (χ3n) is 0. The monoisotopic (exact) mass is 166 g/mol. The molecular formula is C3H34O6. The molecule has 0 aliphatic rings. The molecule has 0 aliphatic carbocycles. The minimum absolute atomic E-state index is 0. The summed E-state index contributed by atoms with van der Waals surface area (Å²) in [5.41, 5.74) is 0. The standard InChI is InChI=1S/3CH4.6H2O.5H2/h3*1H4;6*1H2;5*1H. The van der Waals surface area contributed by atoms with Crippen LogP contribution in [-0.4, -0.2) is 32.9 Å². The van der Waals surface area contributed by atoms with Crippen molar-refractivity contribution < 1.29 is 40.0 Å². The molecule has 0 aromatic rings. The molecule has 0 unspecified atom stereocenters. The molecule has 6 nitrogen and oxygen atoms in total. The van der Waals surface area contributed by atoms with Crippen LogP contribution in [0.25, 0.3) is 0 Å². The fourth-order valence-corrected chi connectivity index (χ4v) is 0. The number of hydrogen-bond donors (Lipinski definition) is 0. The Labute approximate surface area is 63.8 Å². The van der Waals surface area contributed by atoms with Gasteiger partial charge in [-0.05, 0) is 0 Å². The van der Waals surface area contributed by atoms with Gasteiger partial charge < -0.3 is 32.9 Å². The number of hydrogen-bond acceptors (Lipinski definition) is 0. The van der Waals surface area contributed by atoms with E-state index in [4.69, 9.17) is 0 Å². The van der Waals surface area contributed by atoms with Gasteiger partial charge in [0.2, 0.25) is 0 Å². The fraction of sp³-hybridized carbons (Fsp3) is 1.00. The van der Waals surface area contributed by atoms with Crippen LogP contribution >= 0.6 is 0 Å². The Balaban J connectivity index is 0. The summed E-state index contributed by atoms with van der Waals surface area (Å²) < 4.78 is 0. The first-order valence-electron chi connectivity index (χ1n) is 0. The van der Waals surface area contributed by atoms with E-state index in [-0.39, 0.29) is 62.3 Å². The molecule has 0 atom stereocenters. The third-order valence-corrected chi connectivity index (χ3v) is 0. The third kappa shape index (κ3) is 4470. The summed E-state index contributed by atoms with van der Waals surface area (Å²) >= 11 is 0. The summed E-state index contributed by atoms with van der Waals surface area (Å²) in [6, 6.07) is 0. The first-order valence-corrected chi connectivity index (χ1v) is 0. The van der Waals surface area contributed by atoms with Crippen molar-refractivity contribution in [3.8, 4) is 0 Å². The Bertz CT molecular complexity index is 21.4. The van der Waals surface area contributed by atoms with E-state index in [0.29, 0.717) is 0 Å². The van der Waals surface area contributed by atoms with E-state index in [1.54, 1.807) is 0 Å². The van der Waals surface area contributed by atoms with Crippen LogP contribution in [0.1, 0.15) is 29.4 Å². The van der Waals surface area contributed by atoms with Gasteiger partial charge in [-0.15, -0.1) is 0 Å². The summed E-state index contributed by atoms with van der Waals surface area (Å²) in [5.74, 6) is 0. The van der Waals surface area contributed by atoms with Crippen molar-refractivity contribution in [3.63, 3.8) is 0 Å². The smallest absolute Gasteiger partial charge is 0 e. The zero-order valence-electron chi connectivity index (χ0n) is 3.00. The van der Waals surface area contributed by atoms with Crippen LogP contribution in [0.15, 0.2) is 0 Å². The molecule has 0 aromatic carbocycles. The van der Waals surface area contributed by atoms with Crippen molar-refractivity contribution in [1.82, 2.24) is 0 Å². The molecular weight excluding hydrogens is 132 g/mol. The molecule has 0 aliphatic heterocycles. The second-order valence-corrected chi connectivity index (χ2v) is 0. The molecule has 0 aromatic heterocycles. The maximum atomic E-state index is 0.